The van der Waals surface area contributed by atoms with Crippen LogP contribution in [0.25, 0.3) is 0 Å². The van der Waals surface area contributed by atoms with Crippen LogP contribution < -0.4 is 0 Å². The Morgan fingerprint density at radius 3 is 1.88 bits per heavy atom. The van der Waals surface area contributed by atoms with E-state index in [0.717, 1.165) is 6.42 Å². The van der Waals surface area contributed by atoms with Gasteiger partial charge in [-0.05, 0) is 28.7 Å². The van der Waals surface area contributed by atoms with Crippen LogP contribution in [-0.2, 0) is 6.42 Å². The summed E-state index contributed by atoms with van der Waals surface area (Å²) in [5.41, 5.74) is 2.12. The van der Waals surface area contributed by atoms with Crippen molar-refractivity contribution in [2.75, 3.05) is 0 Å². The molecule has 1 rings (SSSR count). The molecular formula is C16H26. The minimum atomic E-state index is 0.322. The second-order valence-electron chi connectivity index (χ2n) is 6.42. The van der Waals surface area contributed by atoms with Crippen molar-refractivity contribution in [3.8, 4) is 0 Å². The van der Waals surface area contributed by atoms with Crippen LogP contribution in [0.3, 0.4) is 0 Å². The topological polar surface area (TPSA) is 0 Å². The average Bonchev–Trinajstić information content (AvgIpc) is 2.18. The molecule has 0 aliphatic rings. The van der Waals surface area contributed by atoms with E-state index in [1.54, 1.807) is 0 Å². The molecule has 0 N–H and O–H groups in total. The van der Waals surface area contributed by atoms with Crippen LogP contribution in [0.2, 0.25) is 0 Å². The van der Waals surface area contributed by atoms with Gasteiger partial charge in [-0.15, -0.1) is 0 Å². The predicted octanol–water partition coefficient (Wildman–Crippen LogP) is 4.94. The summed E-state index contributed by atoms with van der Waals surface area (Å²) in [5.74, 6) is 0.700. The molecule has 0 fully saturated rings. The summed E-state index contributed by atoms with van der Waals surface area (Å²) in [6.07, 6.45) is 1.15. The summed E-state index contributed by atoms with van der Waals surface area (Å²) in [7, 11) is 0. The summed E-state index contributed by atoms with van der Waals surface area (Å²) < 4.78 is 0. The molecule has 0 aliphatic heterocycles. The van der Waals surface area contributed by atoms with E-state index in [0.29, 0.717) is 16.7 Å². The summed E-state index contributed by atoms with van der Waals surface area (Å²) in [6.45, 7) is 14.2. The van der Waals surface area contributed by atoms with Crippen molar-refractivity contribution >= 4 is 0 Å². The fourth-order valence-corrected chi connectivity index (χ4v) is 2.12. The van der Waals surface area contributed by atoms with E-state index in [4.69, 9.17) is 0 Å². The Hall–Kier alpha value is -0.780. The van der Waals surface area contributed by atoms with Gasteiger partial charge in [0, 0.05) is 0 Å². The maximum atomic E-state index is 2.39. The highest BCUT2D eigenvalue weighted by atomic mass is 14.4. The van der Waals surface area contributed by atoms with E-state index in [2.05, 4.69) is 71.9 Å². The smallest absolute Gasteiger partial charge is 0.0222 e. The minimum absolute atomic E-state index is 0.322. The number of hydrogen-bond donors (Lipinski definition) is 0. The Morgan fingerprint density at radius 2 is 1.44 bits per heavy atom. The van der Waals surface area contributed by atoms with Crippen LogP contribution in [-0.4, -0.2) is 0 Å². The zero-order valence-corrected chi connectivity index (χ0v) is 11.7. The molecule has 0 amide bonds. The lowest BCUT2D eigenvalue weighted by molar-refractivity contribution is 0.0561. The van der Waals surface area contributed by atoms with Gasteiger partial charge in [0.2, 0.25) is 0 Å². The lowest BCUT2D eigenvalue weighted by Crippen LogP contribution is -2.38. The van der Waals surface area contributed by atoms with Crippen LogP contribution >= 0.6 is 0 Å². The normalized spacial score (nSPS) is 13.2. The number of rotatable bonds is 4. The van der Waals surface area contributed by atoms with Gasteiger partial charge in [0.1, 0.15) is 0 Å². The van der Waals surface area contributed by atoms with E-state index in [1.165, 1.54) is 5.56 Å². The van der Waals surface area contributed by atoms with Gasteiger partial charge in [-0.2, -0.15) is 0 Å². The molecule has 0 bridgehead atoms. The fraction of sp³-hybridized carbons (Fsp3) is 0.625. The van der Waals surface area contributed by atoms with Crippen molar-refractivity contribution in [1.29, 1.82) is 0 Å². The SMILES string of the molecule is CC(C)C(C)(C)C(C)(C)Cc1ccccc1. The summed E-state index contributed by atoms with van der Waals surface area (Å²) >= 11 is 0. The Bertz CT molecular complexity index is 317. The lowest BCUT2D eigenvalue weighted by atomic mass is 9.60. The molecule has 0 saturated heterocycles. The first kappa shape index (κ1) is 13.3. The van der Waals surface area contributed by atoms with Crippen molar-refractivity contribution in [3.63, 3.8) is 0 Å². The standard InChI is InChI=1S/C16H26/c1-13(2)16(5,6)15(3,4)12-14-10-8-7-9-11-14/h7-11,13H,12H2,1-6H3. The van der Waals surface area contributed by atoms with Gasteiger partial charge in [-0.1, -0.05) is 71.9 Å². The lowest BCUT2D eigenvalue weighted by Gasteiger charge is -2.45. The van der Waals surface area contributed by atoms with Gasteiger partial charge in [0.25, 0.3) is 0 Å². The van der Waals surface area contributed by atoms with Crippen LogP contribution in [0, 0.1) is 16.7 Å². The largest absolute Gasteiger partial charge is 0.0622 e. The summed E-state index contributed by atoms with van der Waals surface area (Å²) in [5, 5.41) is 0. The van der Waals surface area contributed by atoms with Crippen LogP contribution in [0.5, 0.6) is 0 Å². The van der Waals surface area contributed by atoms with Gasteiger partial charge in [-0.3, -0.25) is 0 Å². The van der Waals surface area contributed by atoms with E-state index in [-0.39, 0.29) is 0 Å². The van der Waals surface area contributed by atoms with Crippen LogP contribution in [0.15, 0.2) is 30.3 Å². The molecule has 0 radical (unpaired) electrons. The zero-order chi connectivity index (χ0) is 12.4. The molecule has 1 aromatic carbocycles. The van der Waals surface area contributed by atoms with E-state index in [9.17, 15) is 0 Å². The highest BCUT2D eigenvalue weighted by Gasteiger charge is 2.39. The third-order valence-electron chi connectivity index (χ3n) is 4.68. The quantitative estimate of drug-likeness (QED) is 0.671. The monoisotopic (exact) mass is 218 g/mol. The Morgan fingerprint density at radius 1 is 0.938 bits per heavy atom. The molecule has 0 nitrogen and oxygen atoms in total. The molecule has 90 valence electrons. The molecule has 1 aromatic rings. The predicted molar refractivity (Wildman–Crippen MR) is 72.5 cm³/mol. The van der Waals surface area contributed by atoms with Gasteiger partial charge < -0.3 is 0 Å². The molecular weight excluding hydrogens is 192 g/mol. The highest BCUT2D eigenvalue weighted by molar-refractivity contribution is 5.17. The third kappa shape index (κ3) is 2.66. The maximum Gasteiger partial charge on any atom is -0.0222 e. The first-order chi connectivity index (χ1) is 7.27. The van der Waals surface area contributed by atoms with E-state index < -0.39 is 0 Å². The molecule has 16 heavy (non-hydrogen) atoms. The van der Waals surface area contributed by atoms with Crippen molar-refractivity contribution in [3.05, 3.63) is 35.9 Å². The van der Waals surface area contributed by atoms with Crippen molar-refractivity contribution in [2.45, 2.75) is 48.0 Å². The molecule has 0 aromatic heterocycles. The minimum Gasteiger partial charge on any atom is -0.0622 e. The van der Waals surface area contributed by atoms with Crippen LogP contribution in [0.4, 0.5) is 0 Å². The first-order valence-electron chi connectivity index (χ1n) is 6.31. The van der Waals surface area contributed by atoms with Crippen molar-refractivity contribution in [2.24, 2.45) is 16.7 Å². The van der Waals surface area contributed by atoms with E-state index in [1.807, 2.05) is 0 Å². The Kier molecular flexibility index (Phi) is 3.83. The summed E-state index contributed by atoms with van der Waals surface area (Å²) in [6, 6.07) is 10.8. The first-order valence-corrected chi connectivity index (χ1v) is 6.31. The molecule has 0 unspecified atom stereocenters. The highest BCUT2D eigenvalue weighted by Crippen LogP contribution is 2.46. The average molecular weight is 218 g/mol. The number of benzene rings is 1. The summed E-state index contributed by atoms with van der Waals surface area (Å²) in [4.78, 5) is 0. The molecule has 0 atom stereocenters. The second kappa shape index (κ2) is 4.61. The molecule has 0 heterocycles. The molecule has 0 aliphatic carbocycles. The third-order valence-corrected chi connectivity index (χ3v) is 4.68. The van der Waals surface area contributed by atoms with Gasteiger partial charge in [0.05, 0.1) is 0 Å². The van der Waals surface area contributed by atoms with Gasteiger partial charge >= 0.3 is 0 Å². The van der Waals surface area contributed by atoms with Gasteiger partial charge in [0.15, 0.2) is 0 Å². The molecule has 0 saturated carbocycles. The van der Waals surface area contributed by atoms with Crippen LogP contribution in [0.1, 0.15) is 47.1 Å². The van der Waals surface area contributed by atoms with Gasteiger partial charge in [-0.25, -0.2) is 0 Å². The van der Waals surface area contributed by atoms with Crippen molar-refractivity contribution < 1.29 is 0 Å². The second-order valence-corrected chi connectivity index (χ2v) is 6.42. The molecule has 0 heteroatoms. The Balaban J connectivity index is 2.87. The van der Waals surface area contributed by atoms with E-state index >= 15 is 0 Å². The molecule has 0 spiro atoms. The fourth-order valence-electron chi connectivity index (χ4n) is 2.12. The number of hydrogen-bond acceptors (Lipinski definition) is 0. The maximum absolute atomic E-state index is 2.39. The Labute approximate surface area is 101 Å². The zero-order valence-electron chi connectivity index (χ0n) is 11.7. The van der Waals surface area contributed by atoms with Crippen molar-refractivity contribution in [1.82, 2.24) is 0 Å².